The maximum absolute atomic E-state index is 12.9. The zero-order valence-electron chi connectivity index (χ0n) is 11.0. The Labute approximate surface area is 109 Å². The van der Waals surface area contributed by atoms with Crippen molar-refractivity contribution in [3.8, 4) is 0 Å². The van der Waals surface area contributed by atoms with E-state index in [4.69, 9.17) is 0 Å². The zero-order chi connectivity index (χ0) is 12.8. The van der Waals surface area contributed by atoms with Crippen molar-refractivity contribution in [2.75, 3.05) is 0 Å². The molecule has 0 heterocycles. The molecule has 0 saturated heterocycles. The number of benzene rings is 1. The van der Waals surface area contributed by atoms with Crippen LogP contribution in [0.25, 0.3) is 0 Å². The van der Waals surface area contributed by atoms with Gasteiger partial charge in [-0.15, -0.1) is 0 Å². The summed E-state index contributed by atoms with van der Waals surface area (Å²) in [7, 11) is 0. The Hall–Kier alpha value is -1.37. The molecule has 1 heteroatoms. The van der Waals surface area contributed by atoms with E-state index in [1.807, 2.05) is 19.1 Å². The van der Waals surface area contributed by atoms with Crippen molar-refractivity contribution in [3.63, 3.8) is 0 Å². The normalized spacial score (nSPS) is 25.0. The third-order valence-electron chi connectivity index (χ3n) is 3.80. The molecule has 0 nitrogen and oxygen atoms in total. The van der Waals surface area contributed by atoms with Gasteiger partial charge in [0.25, 0.3) is 0 Å². The van der Waals surface area contributed by atoms with Crippen molar-refractivity contribution in [1.82, 2.24) is 0 Å². The molecule has 1 aromatic rings. The van der Waals surface area contributed by atoms with Crippen LogP contribution in [-0.4, -0.2) is 0 Å². The highest BCUT2D eigenvalue weighted by molar-refractivity contribution is 5.21. The second-order valence-electron chi connectivity index (χ2n) is 5.07. The van der Waals surface area contributed by atoms with Gasteiger partial charge in [0.1, 0.15) is 5.82 Å². The minimum Gasteiger partial charge on any atom is -0.207 e. The molecule has 1 saturated carbocycles. The predicted octanol–water partition coefficient (Wildman–Crippen LogP) is 5.23. The average Bonchev–Trinajstić information content (AvgIpc) is 2.41. The molecule has 1 aliphatic rings. The molecular weight excluding hydrogens is 223 g/mol. The van der Waals surface area contributed by atoms with E-state index < -0.39 is 0 Å². The van der Waals surface area contributed by atoms with E-state index in [0.29, 0.717) is 5.92 Å². The van der Waals surface area contributed by atoms with Gasteiger partial charge in [-0.1, -0.05) is 36.4 Å². The monoisotopic (exact) mass is 244 g/mol. The maximum Gasteiger partial charge on any atom is 0.123 e. The molecular formula is C17H21F. The van der Waals surface area contributed by atoms with E-state index in [0.717, 1.165) is 5.92 Å². The molecule has 1 fully saturated rings. The first-order valence-electron chi connectivity index (χ1n) is 6.84. The summed E-state index contributed by atoms with van der Waals surface area (Å²) in [5.74, 6) is 1.21. The van der Waals surface area contributed by atoms with E-state index in [-0.39, 0.29) is 5.82 Å². The standard InChI is InChI=1S/C17H21F/c1-2-3-4-5-14-6-8-15(9-7-14)16-10-12-17(18)13-11-16/h2-5,10-15H,6-9H2,1H3. The quantitative estimate of drug-likeness (QED) is 0.638. The molecule has 18 heavy (non-hydrogen) atoms. The third kappa shape index (κ3) is 3.56. The van der Waals surface area contributed by atoms with Gasteiger partial charge < -0.3 is 0 Å². The molecule has 0 radical (unpaired) electrons. The van der Waals surface area contributed by atoms with Crippen molar-refractivity contribution in [1.29, 1.82) is 0 Å². The Morgan fingerprint density at radius 1 is 1.00 bits per heavy atom. The predicted molar refractivity (Wildman–Crippen MR) is 75.1 cm³/mol. The second kappa shape index (κ2) is 6.53. The number of rotatable bonds is 3. The van der Waals surface area contributed by atoms with Crippen LogP contribution in [0, 0.1) is 11.7 Å². The molecule has 0 bridgehead atoms. The Morgan fingerprint density at radius 2 is 1.67 bits per heavy atom. The molecule has 96 valence electrons. The summed E-state index contributed by atoms with van der Waals surface area (Å²) in [6.07, 6.45) is 13.6. The van der Waals surface area contributed by atoms with Crippen molar-refractivity contribution in [2.24, 2.45) is 5.92 Å². The fourth-order valence-electron chi connectivity index (χ4n) is 2.71. The SMILES string of the molecule is CC=CC=CC1CCC(c2ccc(F)cc2)CC1. The van der Waals surface area contributed by atoms with Gasteiger partial charge in [-0.05, 0) is 62.1 Å². The summed E-state index contributed by atoms with van der Waals surface area (Å²) in [5.41, 5.74) is 1.30. The molecule has 0 aromatic heterocycles. The summed E-state index contributed by atoms with van der Waals surface area (Å²) >= 11 is 0. The van der Waals surface area contributed by atoms with Crippen LogP contribution in [0.3, 0.4) is 0 Å². The Kier molecular flexibility index (Phi) is 4.74. The van der Waals surface area contributed by atoms with Crippen molar-refractivity contribution in [3.05, 3.63) is 60.0 Å². The van der Waals surface area contributed by atoms with Crippen LogP contribution >= 0.6 is 0 Å². The van der Waals surface area contributed by atoms with E-state index in [9.17, 15) is 4.39 Å². The van der Waals surface area contributed by atoms with Crippen LogP contribution in [0.5, 0.6) is 0 Å². The number of halogens is 1. The van der Waals surface area contributed by atoms with Gasteiger partial charge in [0.2, 0.25) is 0 Å². The van der Waals surface area contributed by atoms with Crippen LogP contribution in [0.4, 0.5) is 4.39 Å². The molecule has 1 aliphatic carbocycles. The van der Waals surface area contributed by atoms with Gasteiger partial charge in [-0.3, -0.25) is 0 Å². The van der Waals surface area contributed by atoms with Gasteiger partial charge >= 0.3 is 0 Å². The fraction of sp³-hybridized carbons (Fsp3) is 0.412. The summed E-state index contributed by atoms with van der Waals surface area (Å²) < 4.78 is 12.9. The molecule has 0 unspecified atom stereocenters. The van der Waals surface area contributed by atoms with E-state index in [2.05, 4.69) is 24.3 Å². The Balaban J connectivity index is 1.88. The van der Waals surface area contributed by atoms with Crippen LogP contribution in [0.2, 0.25) is 0 Å². The van der Waals surface area contributed by atoms with E-state index in [1.165, 1.54) is 31.2 Å². The summed E-state index contributed by atoms with van der Waals surface area (Å²) in [5, 5.41) is 0. The molecule has 0 N–H and O–H groups in total. The second-order valence-corrected chi connectivity index (χ2v) is 5.07. The average molecular weight is 244 g/mol. The first-order valence-corrected chi connectivity index (χ1v) is 6.84. The van der Waals surface area contributed by atoms with Crippen molar-refractivity contribution in [2.45, 2.75) is 38.5 Å². The first-order chi connectivity index (χ1) is 8.79. The lowest BCUT2D eigenvalue weighted by Gasteiger charge is -2.27. The molecule has 0 atom stereocenters. The maximum atomic E-state index is 12.9. The molecule has 1 aromatic carbocycles. The minimum atomic E-state index is -0.137. The van der Waals surface area contributed by atoms with Crippen LogP contribution in [0.1, 0.15) is 44.1 Å². The van der Waals surface area contributed by atoms with Gasteiger partial charge in [0.05, 0.1) is 0 Å². The summed E-state index contributed by atoms with van der Waals surface area (Å²) in [6, 6.07) is 7.03. The van der Waals surface area contributed by atoms with Crippen LogP contribution in [-0.2, 0) is 0 Å². The number of hydrogen-bond acceptors (Lipinski definition) is 0. The lowest BCUT2D eigenvalue weighted by Crippen LogP contribution is -2.11. The highest BCUT2D eigenvalue weighted by Gasteiger charge is 2.20. The van der Waals surface area contributed by atoms with Crippen LogP contribution < -0.4 is 0 Å². The lowest BCUT2D eigenvalue weighted by molar-refractivity contribution is 0.375. The number of hydrogen-bond donors (Lipinski definition) is 0. The lowest BCUT2D eigenvalue weighted by atomic mass is 9.78. The Bertz CT molecular complexity index is 406. The smallest absolute Gasteiger partial charge is 0.123 e. The molecule has 0 spiro atoms. The topological polar surface area (TPSA) is 0 Å². The van der Waals surface area contributed by atoms with Crippen molar-refractivity contribution >= 4 is 0 Å². The largest absolute Gasteiger partial charge is 0.207 e. The fourth-order valence-corrected chi connectivity index (χ4v) is 2.71. The summed E-state index contributed by atoms with van der Waals surface area (Å²) in [4.78, 5) is 0. The van der Waals surface area contributed by atoms with Gasteiger partial charge in [0.15, 0.2) is 0 Å². The van der Waals surface area contributed by atoms with Crippen molar-refractivity contribution < 1.29 is 4.39 Å². The first kappa shape index (κ1) is 13.1. The van der Waals surface area contributed by atoms with Gasteiger partial charge in [-0.2, -0.15) is 0 Å². The highest BCUT2D eigenvalue weighted by Crippen LogP contribution is 2.36. The molecule has 0 aliphatic heterocycles. The minimum absolute atomic E-state index is 0.137. The Morgan fingerprint density at radius 3 is 2.28 bits per heavy atom. The van der Waals surface area contributed by atoms with Crippen LogP contribution in [0.15, 0.2) is 48.6 Å². The molecule has 2 rings (SSSR count). The zero-order valence-corrected chi connectivity index (χ0v) is 11.0. The summed E-state index contributed by atoms with van der Waals surface area (Å²) in [6.45, 7) is 2.04. The highest BCUT2D eigenvalue weighted by atomic mass is 19.1. The third-order valence-corrected chi connectivity index (χ3v) is 3.80. The van der Waals surface area contributed by atoms with E-state index in [1.54, 1.807) is 12.1 Å². The molecule has 0 amide bonds. The van der Waals surface area contributed by atoms with Gasteiger partial charge in [0, 0.05) is 0 Å². The van der Waals surface area contributed by atoms with Gasteiger partial charge in [-0.25, -0.2) is 4.39 Å². The number of allylic oxidation sites excluding steroid dienone is 4. The van der Waals surface area contributed by atoms with E-state index >= 15 is 0 Å².